The molecule has 0 bridgehead atoms. The van der Waals surface area contributed by atoms with Gasteiger partial charge in [0.25, 0.3) is 5.91 Å². The van der Waals surface area contributed by atoms with Crippen molar-refractivity contribution in [2.45, 2.75) is 32.7 Å². The highest BCUT2D eigenvalue weighted by atomic mass is 16.2. The molecule has 3 rings (SSSR count). The number of hydrogen-bond acceptors (Lipinski definition) is 2. The van der Waals surface area contributed by atoms with Crippen molar-refractivity contribution in [3.8, 4) is 0 Å². The Morgan fingerprint density at radius 1 is 1.21 bits per heavy atom. The molecule has 2 aromatic carbocycles. The van der Waals surface area contributed by atoms with Gasteiger partial charge in [0.1, 0.15) is 0 Å². The van der Waals surface area contributed by atoms with Crippen LogP contribution >= 0.6 is 0 Å². The fourth-order valence-corrected chi connectivity index (χ4v) is 3.14. The Bertz CT molecular complexity index is 755. The fourth-order valence-electron chi connectivity index (χ4n) is 3.14. The quantitative estimate of drug-likeness (QED) is 0.882. The SMILES string of the molecule is CCC(C)C(C(=O)Nc1ccc2c(c1)C(=O)NC2)c1ccccc1. The van der Waals surface area contributed by atoms with Crippen LogP contribution in [0.5, 0.6) is 0 Å². The minimum absolute atomic E-state index is 0.0334. The summed E-state index contributed by atoms with van der Waals surface area (Å²) in [7, 11) is 0. The van der Waals surface area contributed by atoms with Crippen molar-refractivity contribution in [3.05, 3.63) is 65.2 Å². The molecule has 1 aliphatic rings. The third-order valence-electron chi connectivity index (χ3n) is 4.72. The van der Waals surface area contributed by atoms with Crippen LogP contribution < -0.4 is 10.6 Å². The fraction of sp³-hybridized carbons (Fsp3) is 0.300. The zero-order valence-corrected chi connectivity index (χ0v) is 14.0. The largest absolute Gasteiger partial charge is 0.348 e. The predicted molar refractivity (Wildman–Crippen MR) is 94.9 cm³/mol. The standard InChI is InChI=1S/C20H22N2O2/c1-3-13(2)18(14-7-5-4-6-8-14)20(24)22-16-10-9-15-12-21-19(23)17(15)11-16/h4-11,13,18H,3,12H2,1-2H3,(H,21,23)(H,22,24). The average molecular weight is 322 g/mol. The summed E-state index contributed by atoms with van der Waals surface area (Å²) in [6, 6.07) is 15.4. The van der Waals surface area contributed by atoms with Gasteiger partial charge in [-0.05, 0) is 29.2 Å². The van der Waals surface area contributed by atoms with E-state index in [1.165, 1.54) is 0 Å². The molecule has 0 fully saturated rings. The highest BCUT2D eigenvalue weighted by Crippen LogP contribution is 2.29. The van der Waals surface area contributed by atoms with Crippen LogP contribution in [0.1, 0.15) is 47.7 Å². The Labute approximate surface area is 142 Å². The highest BCUT2D eigenvalue weighted by molar-refractivity contribution is 6.01. The molecule has 1 aliphatic heterocycles. The maximum Gasteiger partial charge on any atom is 0.251 e. The number of fused-ring (bicyclic) bond motifs is 1. The van der Waals surface area contributed by atoms with E-state index in [1.54, 1.807) is 6.07 Å². The lowest BCUT2D eigenvalue weighted by atomic mass is 9.85. The topological polar surface area (TPSA) is 58.2 Å². The summed E-state index contributed by atoms with van der Waals surface area (Å²) in [5.41, 5.74) is 3.30. The molecule has 0 spiro atoms. The van der Waals surface area contributed by atoms with Crippen molar-refractivity contribution in [2.75, 3.05) is 5.32 Å². The van der Waals surface area contributed by atoms with Crippen LogP contribution in [-0.4, -0.2) is 11.8 Å². The van der Waals surface area contributed by atoms with Crippen LogP contribution in [0.4, 0.5) is 5.69 Å². The summed E-state index contributed by atoms with van der Waals surface area (Å²) in [6.07, 6.45) is 0.916. The van der Waals surface area contributed by atoms with Gasteiger partial charge in [-0.25, -0.2) is 0 Å². The molecular weight excluding hydrogens is 300 g/mol. The van der Waals surface area contributed by atoms with Crippen molar-refractivity contribution in [1.82, 2.24) is 5.32 Å². The number of benzene rings is 2. The van der Waals surface area contributed by atoms with E-state index in [9.17, 15) is 9.59 Å². The van der Waals surface area contributed by atoms with Gasteiger partial charge in [0.2, 0.25) is 5.91 Å². The molecule has 2 N–H and O–H groups in total. The van der Waals surface area contributed by atoms with E-state index in [2.05, 4.69) is 24.5 Å². The summed E-state index contributed by atoms with van der Waals surface area (Å²) in [5.74, 6) is -0.0973. The minimum atomic E-state index is -0.210. The smallest absolute Gasteiger partial charge is 0.251 e. The normalized spacial score (nSPS) is 15.3. The second-order valence-corrected chi connectivity index (χ2v) is 6.32. The molecule has 2 unspecified atom stereocenters. The van der Waals surface area contributed by atoms with Crippen LogP contribution in [0.15, 0.2) is 48.5 Å². The van der Waals surface area contributed by atoms with Gasteiger partial charge in [-0.1, -0.05) is 56.7 Å². The third kappa shape index (κ3) is 3.18. The summed E-state index contributed by atoms with van der Waals surface area (Å²) >= 11 is 0. The van der Waals surface area contributed by atoms with Crippen molar-refractivity contribution < 1.29 is 9.59 Å². The van der Waals surface area contributed by atoms with Crippen molar-refractivity contribution in [2.24, 2.45) is 5.92 Å². The lowest BCUT2D eigenvalue weighted by molar-refractivity contribution is -0.118. The number of hydrogen-bond donors (Lipinski definition) is 2. The summed E-state index contributed by atoms with van der Waals surface area (Å²) in [6.45, 7) is 4.74. The molecule has 2 amide bonds. The molecule has 124 valence electrons. The number of anilines is 1. The maximum atomic E-state index is 12.9. The summed E-state index contributed by atoms with van der Waals surface area (Å²) in [4.78, 5) is 24.7. The third-order valence-corrected chi connectivity index (χ3v) is 4.72. The summed E-state index contributed by atoms with van der Waals surface area (Å²) < 4.78 is 0. The first-order valence-electron chi connectivity index (χ1n) is 8.37. The van der Waals surface area contributed by atoms with Crippen LogP contribution in [0, 0.1) is 5.92 Å². The molecule has 0 aromatic heterocycles. The number of rotatable bonds is 5. The Morgan fingerprint density at radius 2 is 1.96 bits per heavy atom. The minimum Gasteiger partial charge on any atom is -0.348 e. The Kier molecular flexibility index (Phi) is 4.65. The van der Waals surface area contributed by atoms with Crippen molar-refractivity contribution in [1.29, 1.82) is 0 Å². The van der Waals surface area contributed by atoms with Gasteiger partial charge in [0.15, 0.2) is 0 Å². The van der Waals surface area contributed by atoms with E-state index in [4.69, 9.17) is 0 Å². The lowest BCUT2D eigenvalue weighted by Gasteiger charge is -2.23. The second kappa shape index (κ2) is 6.87. The molecular formula is C20H22N2O2. The van der Waals surface area contributed by atoms with E-state index in [0.29, 0.717) is 17.8 Å². The monoisotopic (exact) mass is 322 g/mol. The lowest BCUT2D eigenvalue weighted by Crippen LogP contribution is -2.26. The predicted octanol–water partition coefficient (Wildman–Crippen LogP) is 3.70. The Hall–Kier alpha value is -2.62. The first kappa shape index (κ1) is 16.2. The second-order valence-electron chi connectivity index (χ2n) is 6.32. The first-order chi connectivity index (χ1) is 11.6. The van der Waals surface area contributed by atoms with Crippen LogP contribution in [-0.2, 0) is 11.3 Å². The average Bonchev–Trinajstić information content (AvgIpc) is 2.96. The highest BCUT2D eigenvalue weighted by Gasteiger charge is 2.26. The molecule has 0 aliphatic carbocycles. The van der Waals surface area contributed by atoms with Crippen LogP contribution in [0.3, 0.4) is 0 Å². The Morgan fingerprint density at radius 3 is 2.67 bits per heavy atom. The number of amides is 2. The van der Waals surface area contributed by atoms with Gasteiger partial charge in [-0.15, -0.1) is 0 Å². The summed E-state index contributed by atoms with van der Waals surface area (Å²) in [5, 5.41) is 5.78. The molecule has 4 nitrogen and oxygen atoms in total. The Balaban J connectivity index is 1.84. The zero-order valence-electron chi connectivity index (χ0n) is 14.0. The van der Waals surface area contributed by atoms with Gasteiger partial charge < -0.3 is 10.6 Å². The van der Waals surface area contributed by atoms with E-state index >= 15 is 0 Å². The van der Waals surface area contributed by atoms with Crippen LogP contribution in [0.2, 0.25) is 0 Å². The van der Waals surface area contributed by atoms with Gasteiger partial charge in [0, 0.05) is 17.8 Å². The molecule has 1 heterocycles. The van der Waals surface area contributed by atoms with Gasteiger partial charge >= 0.3 is 0 Å². The van der Waals surface area contributed by atoms with E-state index < -0.39 is 0 Å². The van der Waals surface area contributed by atoms with E-state index in [-0.39, 0.29) is 23.7 Å². The van der Waals surface area contributed by atoms with Gasteiger partial charge in [-0.3, -0.25) is 9.59 Å². The number of carbonyl (C=O) groups is 2. The van der Waals surface area contributed by atoms with Gasteiger partial charge in [0.05, 0.1) is 5.92 Å². The van der Waals surface area contributed by atoms with E-state index in [1.807, 2.05) is 42.5 Å². The number of carbonyl (C=O) groups excluding carboxylic acids is 2. The van der Waals surface area contributed by atoms with Gasteiger partial charge in [-0.2, -0.15) is 0 Å². The first-order valence-corrected chi connectivity index (χ1v) is 8.37. The van der Waals surface area contributed by atoms with E-state index in [0.717, 1.165) is 17.5 Å². The van der Waals surface area contributed by atoms with Crippen LogP contribution in [0.25, 0.3) is 0 Å². The molecule has 0 saturated carbocycles. The molecule has 0 radical (unpaired) electrons. The van der Waals surface area contributed by atoms with Crippen molar-refractivity contribution in [3.63, 3.8) is 0 Å². The molecule has 0 saturated heterocycles. The number of nitrogens with one attached hydrogen (secondary N) is 2. The van der Waals surface area contributed by atoms with Crippen molar-refractivity contribution >= 4 is 17.5 Å². The maximum absolute atomic E-state index is 12.9. The molecule has 4 heteroatoms. The zero-order chi connectivity index (χ0) is 17.1. The molecule has 24 heavy (non-hydrogen) atoms. The molecule has 2 atom stereocenters. The molecule has 2 aromatic rings.